The summed E-state index contributed by atoms with van der Waals surface area (Å²) in [7, 11) is 0. The van der Waals surface area contributed by atoms with Crippen LogP contribution in [0, 0.1) is 10.8 Å². The van der Waals surface area contributed by atoms with E-state index in [1.807, 2.05) is 37.7 Å². The molecule has 0 radical (unpaired) electrons. The fourth-order valence-electron chi connectivity index (χ4n) is 4.31. The predicted molar refractivity (Wildman–Crippen MR) is 132 cm³/mol. The molecule has 5 heteroatoms. The first-order chi connectivity index (χ1) is 14.2. The molecule has 1 heterocycles. The summed E-state index contributed by atoms with van der Waals surface area (Å²) in [6.45, 7) is 15.8. The molecule has 3 nitrogen and oxygen atoms in total. The normalized spacial score (nSPS) is 16.3. The number of thioether (sulfide) groups is 1. The minimum absolute atomic E-state index is 0.0456. The van der Waals surface area contributed by atoms with Crippen LogP contribution in [0.4, 0.5) is 0 Å². The van der Waals surface area contributed by atoms with E-state index in [0.29, 0.717) is 6.42 Å². The summed E-state index contributed by atoms with van der Waals surface area (Å²) in [6, 6.07) is 8.01. The lowest BCUT2D eigenvalue weighted by Gasteiger charge is -2.31. The predicted octanol–water partition coefficient (Wildman–Crippen LogP) is 7.25. The van der Waals surface area contributed by atoms with Crippen molar-refractivity contribution < 1.29 is 9.90 Å². The molecule has 0 atom stereocenters. The van der Waals surface area contributed by atoms with Crippen molar-refractivity contribution in [3.8, 4) is 0 Å². The molecule has 0 saturated heterocycles. The van der Waals surface area contributed by atoms with Crippen molar-refractivity contribution in [3.05, 3.63) is 51.8 Å². The second-order valence-electron chi connectivity index (χ2n) is 11.3. The Morgan fingerprint density at radius 2 is 1.77 bits per heavy atom. The Morgan fingerprint density at radius 3 is 2.32 bits per heavy atom. The topological polar surface area (TPSA) is 42.2 Å². The van der Waals surface area contributed by atoms with Crippen LogP contribution >= 0.6 is 23.4 Å². The second-order valence-corrected chi connectivity index (χ2v) is 13.6. The Hall–Kier alpha value is -1.39. The van der Waals surface area contributed by atoms with Gasteiger partial charge in [0.15, 0.2) is 0 Å². The zero-order valence-corrected chi connectivity index (χ0v) is 21.5. The van der Waals surface area contributed by atoms with Crippen molar-refractivity contribution in [2.75, 3.05) is 0 Å². The van der Waals surface area contributed by atoms with Crippen LogP contribution < -0.4 is 0 Å². The maximum atomic E-state index is 12.0. The van der Waals surface area contributed by atoms with Gasteiger partial charge in [-0.1, -0.05) is 58.4 Å². The molecule has 1 aliphatic rings. The summed E-state index contributed by atoms with van der Waals surface area (Å²) in [4.78, 5) is 13.3. The number of carboxylic acid groups (broad SMARTS) is 1. The first-order valence-electron chi connectivity index (χ1n) is 11.1. The molecule has 0 bridgehead atoms. The Labute approximate surface area is 196 Å². The molecule has 0 unspecified atom stereocenters. The molecule has 1 aromatic heterocycles. The molecule has 1 N–H and O–H groups in total. The average molecular weight is 462 g/mol. The lowest BCUT2D eigenvalue weighted by atomic mass is 9.76. The van der Waals surface area contributed by atoms with Crippen LogP contribution in [0.15, 0.2) is 29.2 Å². The third kappa shape index (κ3) is 5.70. The van der Waals surface area contributed by atoms with Crippen LogP contribution in [0.5, 0.6) is 0 Å². The number of carboxylic acids is 1. The van der Waals surface area contributed by atoms with Crippen LogP contribution in [0.2, 0.25) is 5.02 Å². The van der Waals surface area contributed by atoms with Crippen molar-refractivity contribution in [1.82, 2.24) is 4.57 Å². The number of hydrogen-bond donors (Lipinski definition) is 1. The van der Waals surface area contributed by atoms with E-state index in [1.54, 1.807) is 0 Å². The van der Waals surface area contributed by atoms with E-state index >= 15 is 0 Å². The number of halogens is 1. The standard InChI is InChI=1S/C26H36ClNO2S/c1-24(2,3)31-22-19-14-25(4,5)13-12-20(19)28(16-17-8-10-18(27)11-9-17)21(22)15-26(6,7)23(29)30/h8-11H,12-16H2,1-7H3,(H,29,30). The largest absolute Gasteiger partial charge is 0.481 e. The fourth-order valence-corrected chi connectivity index (χ4v) is 5.66. The summed E-state index contributed by atoms with van der Waals surface area (Å²) < 4.78 is 2.47. The molecule has 0 amide bonds. The first kappa shape index (κ1) is 24.3. The molecule has 2 aromatic rings. The summed E-state index contributed by atoms with van der Waals surface area (Å²) in [6.07, 6.45) is 3.73. The van der Waals surface area contributed by atoms with Crippen molar-refractivity contribution in [2.45, 2.75) is 90.3 Å². The fraction of sp³-hybridized carbons (Fsp3) is 0.577. The zero-order chi connectivity index (χ0) is 23.2. The molecule has 0 aliphatic heterocycles. The molecular formula is C26H36ClNO2S. The molecule has 31 heavy (non-hydrogen) atoms. The average Bonchev–Trinajstić information content (AvgIpc) is 2.86. The zero-order valence-electron chi connectivity index (χ0n) is 19.9. The molecule has 3 rings (SSSR count). The van der Waals surface area contributed by atoms with Gasteiger partial charge >= 0.3 is 5.97 Å². The highest BCUT2D eigenvalue weighted by molar-refractivity contribution is 8.00. The van der Waals surface area contributed by atoms with Gasteiger partial charge in [-0.2, -0.15) is 0 Å². The van der Waals surface area contributed by atoms with Crippen molar-refractivity contribution in [2.24, 2.45) is 10.8 Å². The van der Waals surface area contributed by atoms with Gasteiger partial charge in [0.2, 0.25) is 0 Å². The molecule has 1 aliphatic carbocycles. The van der Waals surface area contributed by atoms with E-state index in [-0.39, 0.29) is 10.2 Å². The Morgan fingerprint density at radius 1 is 1.16 bits per heavy atom. The number of aromatic nitrogens is 1. The molecule has 0 spiro atoms. The number of benzene rings is 1. The van der Waals surface area contributed by atoms with Crippen molar-refractivity contribution in [1.29, 1.82) is 0 Å². The number of nitrogens with zero attached hydrogens (tertiary/aromatic N) is 1. The van der Waals surface area contributed by atoms with Gasteiger partial charge in [0.05, 0.1) is 5.41 Å². The van der Waals surface area contributed by atoms with Gasteiger partial charge in [0.25, 0.3) is 0 Å². The minimum Gasteiger partial charge on any atom is -0.481 e. The van der Waals surface area contributed by atoms with Crippen molar-refractivity contribution in [3.63, 3.8) is 0 Å². The third-order valence-corrected chi connectivity index (χ3v) is 7.63. The van der Waals surface area contributed by atoms with Crippen LogP contribution in [-0.4, -0.2) is 20.4 Å². The Balaban J connectivity index is 2.20. The highest BCUT2D eigenvalue weighted by Gasteiger charge is 2.37. The minimum atomic E-state index is -0.832. The van der Waals surface area contributed by atoms with E-state index in [1.165, 1.54) is 27.4 Å². The lowest BCUT2D eigenvalue weighted by molar-refractivity contribution is -0.146. The lowest BCUT2D eigenvalue weighted by Crippen LogP contribution is -2.28. The summed E-state index contributed by atoms with van der Waals surface area (Å²) in [5.41, 5.74) is 4.60. The molecule has 0 saturated carbocycles. The molecule has 170 valence electrons. The molecule has 0 fully saturated rings. The number of hydrogen-bond acceptors (Lipinski definition) is 2. The van der Waals surface area contributed by atoms with E-state index in [4.69, 9.17) is 11.6 Å². The van der Waals surface area contributed by atoms with Gasteiger partial charge in [-0.3, -0.25) is 4.79 Å². The van der Waals surface area contributed by atoms with Crippen LogP contribution in [-0.2, 0) is 30.6 Å². The van der Waals surface area contributed by atoms with E-state index in [0.717, 1.165) is 30.8 Å². The quantitative estimate of drug-likeness (QED) is 0.460. The van der Waals surface area contributed by atoms with Crippen LogP contribution in [0.25, 0.3) is 0 Å². The smallest absolute Gasteiger partial charge is 0.309 e. The summed E-state index contributed by atoms with van der Waals surface area (Å²) in [5, 5.41) is 10.6. The Kier molecular flexibility index (Phi) is 6.66. The summed E-state index contributed by atoms with van der Waals surface area (Å²) in [5.74, 6) is -0.753. The monoisotopic (exact) mass is 461 g/mol. The summed E-state index contributed by atoms with van der Waals surface area (Å²) >= 11 is 8.01. The number of carbonyl (C=O) groups is 1. The second kappa shape index (κ2) is 8.51. The van der Waals surface area contributed by atoms with Gasteiger partial charge < -0.3 is 9.67 Å². The van der Waals surface area contributed by atoms with E-state index in [9.17, 15) is 9.90 Å². The number of fused-ring (bicyclic) bond motifs is 1. The van der Waals surface area contributed by atoms with E-state index < -0.39 is 11.4 Å². The number of rotatable bonds is 6. The first-order valence-corrected chi connectivity index (χ1v) is 12.3. The SMILES string of the molecule is CC1(C)CCc2c(c(SC(C)(C)C)c(CC(C)(C)C(=O)O)n2Cc2ccc(Cl)cc2)C1. The Bertz CT molecular complexity index is 965. The molecule has 1 aromatic carbocycles. The van der Waals surface area contributed by atoms with Gasteiger partial charge in [0.1, 0.15) is 0 Å². The number of aliphatic carboxylic acids is 1. The maximum Gasteiger partial charge on any atom is 0.309 e. The van der Waals surface area contributed by atoms with Crippen LogP contribution in [0.3, 0.4) is 0 Å². The van der Waals surface area contributed by atoms with Gasteiger partial charge in [0, 0.05) is 39.0 Å². The van der Waals surface area contributed by atoms with Crippen molar-refractivity contribution >= 4 is 29.3 Å². The highest BCUT2D eigenvalue weighted by Crippen LogP contribution is 2.47. The third-order valence-electron chi connectivity index (χ3n) is 6.08. The van der Waals surface area contributed by atoms with Crippen LogP contribution in [0.1, 0.15) is 77.4 Å². The molecular weight excluding hydrogens is 426 g/mol. The maximum absolute atomic E-state index is 12.0. The highest BCUT2D eigenvalue weighted by atomic mass is 35.5. The van der Waals surface area contributed by atoms with Gasteiger partial charge in [-0.15, -0.1) is 11.8 Å². The van der Waals surface area contributed by atoms with Gasteiger partial charge in [-0.25, -0.2) is 0 Å². The van der Waals surface area contributed by atoms with E-state index in [2.05, 4.69) is 51.3 Å². The van der Waals surface area contributed by atoms with Gasteiger partial charge in [-0.05, 0) is 61.8 Å².